The number of Topliss-reactive ketones (excluding diaryl/α,β-unsaturated/α-hetero) is 1. The number of pyridine rings is 2. The number of carbonyl (C=O) groups excluding carboxylic acids is 1. The minimum atomic E-state index is 0.0788. The predicted octanol–water partition coefficient (Wildman–Crippen LogP) is 3.96. The zero-order valence-corrected chi connectivity index (χ0v) is 13.0. The maximum Gasteiger partial charge on any atom is 0.182 e. The fraction of sp³-hybridized carbons (Fsp3) is 0.0556. The van der Waals surface area contributed by atoms with E-state index in [2.05, 4.69) is 9.97 Å². The third-order valence-corrected chi connectivity index (χ3v) is 4.82. The van der Waals surface area contributed by atoms with Crippen molar-refractivity contribution in [2.75, 3.05) is 11.4 Å². The molecule has 0 radical (unpaired) electrons. The second kappa shape index (κ2) is 5.85. The van der Waals surface area contributed by atoms with E-state index in [0.29, 0.717) is 5.56 Å². The number of ketones is 1. The van der Waals surface area contributed by atoms with Crippen molar-refractivity contribution in [2.24, 2.45) is 0 Å². The summed E-state index contributed by atoms with van der Waals surface area (Å²) in [5.74, 6) is 0.0788. The molecule has 4 rings (SSSR count). The third kappa shape index (κ3) is 2.59. The Balaban J connectivity index is 1.74. The van der Waals surface area contributed by atoms with Crippen molar-refractivity contribution in [2.45, 2.75) is 9.79 Å². The van der Waals surface area contributed by atoms with E-state index >= 15 is 0 Å². The number of rotatable bonds is 3. The van der Waals surface area contributed by atoms with Gasteiger partial charge in [-0.05, 0) is 12.1 Å². The molecule has 1 aliphatic heterocycles. The number of benzene rings is 1. The van der Waals surface area contributed by atoms with Crippen LogP contribution in [0.1, 0.15) is 10.4 Å². The highest BCUT2D eigenvalue weighted by Gasteiger charge is 2.25. The highest BCUT2D eigenvalue weighted by atomic mass is 32.2. The second-order valence-corrected chi connectivity index (χ2v) is 6.25. The molecule has 112 valence electrons. The predicted molar refractivity (Wildman–Crippen MR) is 90.4 cm³/mol. The van der Waals surface area contributed by atoms with Gasteiger partial charge in [0.25, 0.3) is 0 Å². The van der Waals surface area contributed by atoms with Crippen LogP contribution in [0.4, 0.5) is 11.4 Å². The molecular formula is C18H13N3OS. The quantitative estimate of drug-likeness (QED) is 0.684. The molecule has 0 aliphatic carbocycles. The molecule has 0 N–H and O–H groups in total. The highest BCUT2D eigenvalue weighted by molar-refractivity contribution is 7.99. The van der Waals surface area contributed by atoms with Crippen LogP contribution in [0.25, 0.3) is 0 Å². The zero-order chi connectivity index (χ0) is 15.6. The number of aromatic nitrogens is 2. The highest BCUT2D eigenvalue weighted by Crippen LogP contribution is 2.47. The zero-order valence-electron chi connectivity index (χ0n) is 12.2. The molecule has 3 aromatic rings. The Morgan fingerprint density at radius 1 is 0.913 bits per heavy atom. The lowest BCUT2D eigenvalue weighted by Crippen LogP contribution is -2.27. The van der Waals surface area contributed by atoms with E-state index in [-0.39, 0.29) is 12.3 Å². The molecular weight excluding hydrogens is 306 g/mol. The molecule has 0 fully saturated rings. The number of fused-ring (bicyclic) bond motifs is 2. The summed E-state index contributed by atoms with van der Waals surface area (Å²) < 4.78 is 0. The van der Waals surface area contributed by atoms with Crippen LogP contribution < -0.4 is 4.90 Å². The molecule has 1 aromatic carbocycles. The molecule has 0 saturated carbocycles. The van der Waals surface area contributed by atoms with Crippen molar-refractivity contribution in [3.05, 3.63) is 72.8 Å². The van der Waals surface area contributed by atoms with Crippen molar-refractivity contribution in [1.82, 2.24) is 9.97 Å². The molecule has 1 aliphatic rings. The van der Waals surface area contributed by atoms with E-state index in [1.54, 1.807) is 24.2 Å². The van der Waals surface area contributed by atoms with E-state index < -0.39 is 0 Å². The van der Waals surface area contributed by atoms with Gasteiger partial charge in [0.15, 0.2) is 5.78 Å². The van der Waals surface area contributed by atoms with Crippen LogP contribution >= 0.6 is 11.8 Å². The van der Waals surface area contributed by atoms with Crippen LogP contribution in [0.15, 0.2) is 77.0 Å². The number of carbonyl (C=O) groups is 1. The van der Waals surface area contributed by atoms with E-state index in [4.69, 9.17) is 0 Å². The second-order valence-electron chi connectivity index (χ2n) is 5.16. The molecule has 3 heterocycles. The van der Waals surface area contributed by atoms with Gasteiger partial charge in [0.05, 0.1) is 29.0 Å². The van der Waals surface area contributed by atoms with Crippen molar-refractivity contribution in [3.63, 3.8) is 0 Å². The van der Waals surface area contributed by atoms with Crippen LogP contribution in [0.3, 0.4) is 0 Å². The number of nitrogens with zero attached hydrogens (tertiary/aromatic N) is 3. The number of anilines is 2. The summed E-state index contributed by atoms with van der Waals surface area (Å²) in [6.07, 6.45) is 7.17. The van der Waals surface area contributed by atoms with Crippen molar-refractivity contribution in [1.29, 1.82) is 0 Å². The fourth-order valence-corrected chi connectivity index (χ4v) is 3.64. The van der Waals surface area contributed by atoms with Gasteiger partial charge in [0.2, 0.25) is 0 Å². The standard InChI is InChI=1S/C18H13N3OS/c22-16(13-4-2-1-3-5-13)12-21-14-6-8-20-11-18(14)23-17-7-9-19-10-15(17)21/h1-11H,12H2. The van der Waals surface area contributed by atoms with Gasteiger partial charge in [-0.1, -0.05) is 42.1 Å². The molecule has 0 bridgehead atoms. The summed E-state index contributed by atoms with van der Waals surface area (Å²) in [6.45, 7) is 0.278. The van der Waals surface area contributed by atoms with E-state index in [1.807, 2.05) is 59.8 Å². The smallest absolute Gasteiger partial charge is 0.182 e. The summed E-state index contributed by atoms with van der Waals surface area (Å²) in [5.41, 5.74) is 2.67. The van der Waals surface area contributed by atoms with Gasteiger partial charge in [-0.25, -0.2) is 0 Å². The van der Waals surface area contributed by atoms with Gasteiger partial charge in [-0.15, -0.1) is 0 Å². The Kier molecular flexibility index (Phi) is 3.55. The van der Waals surface area contributed by atoms with Crippen LogP contribution in [-0.4, -0.2) is 22.3 Å². The molecule has 0 amide bonds. The summed E-state index contributed by atoms with van der Waals surface area (Å²) in [7, 11) is 0. The molecule has 4 nitrogen and oxygen atoms in total. The average Bonchev–Trinajstić information content (AvgIpc) is 2.62. The van der Waals surface area contributed by atoms with E-state index in [0.717, 1.165) is 21.2 Å². The van der Waals surface area contributed by atoms with Gasteiger partial charge in [0, 0.05) is 29.0 Å². The largest absolute Gasteiger partial charge is 0.330 e. The van der Waals surface area contributed by atoms with E-state index in [1.165, 1.54) is 0 Å². The first-order valence-corrected chi connectivity index (χ1v) is 8.06. The minimum Gasteiger partial charge on any atom is -0.330 e. The Labute approximate surface area is 138 Å². The Hall–Kier alpha value is -2.66. The Morgan fingerprint density at radius 3 is 2.57 bits per heavy atom. The summed E-state index contributed by atoms with van der Waals surface area (Å²) >= 11 is 1.65. The topological polar surface area (TPSA) is 46.1 Å². The fourth-order valence-electron chi connectivity index (χ4n) is 2.61. The Morgan fingerprint density at radius 2 is 1.70 bits per heavy atom. The van der Waals surface area contributed by atoms with Crippen LogP contribution in [0, 0.1) is 0 Å². The first-order valence-electron chi connectivity index (χ1n) is 7.24. The lowest BCUT2D eigenvalue weighted by atomic mass is 10.1. The molecule has 23 heavy (non-hydrogen) atoms. The summed E-state index contributed by atoms with van der Waals surface area (Å²) in [6, 6.07) is 13.3. The summed E-state index contributed by atoms with van der Waals surface area (Å²) in [5, 5.41) is 0. The Bertz CT molecular complexity index is 821. The minimum absolute atomic E-state index is 0.0788. The SMILES string of the molecule is O=C(CN1c2ccncc2Sc2ccncc21)c1ccccc1. The van der Waals surface area contributed by atoms with Gasteiger partial charge in [0.1, 0.15) is 0 Å². The number of hydrogen-bond acceptors (Lipinski definition) is 5. The number of hydrogen-bond donors (Lipinski definition) is 0. The van der Waals surface area contributed by atoms with Crippen molar-refractivity contribution >= 4 is 28.9 Å². The van der Waals surface area contributed by atoms with E-state index in [9.17, 15) is 4.79 Å². The monoisotopic (exact) mass is 319 g/mol. The van der Waals surface area contributed by atoms with Crippen LogP contribution in [-0.2, 0) is 0 Å². The van der Waals surface area contributed by atoms with Gasteiger partial charge in [-0.2, -0.15) is 0 Å². The van der Waals surface area contributed by atoms with Crippen LogP contribution in [0.5, 0.6) is 0 Å². The first-order chi connectivity index (χ1) is 11.3. The maximum atomic E-state index is 12.6. The lowest BCUT2D eigenvalue weighted by Gasteiger charge is -2.31. The van der Waals surface area contributed by atoms with Crippen molar-refractivity contribution in [3.8, 4) is 0 Å². The summed E-state index contributed by atoms with van der Waals surface area (Å²) in [4.78, 5) is 25.2. The van der Waals surface area contributed by atoms with Gasteiger partial charge in [-0.3, -0.25) is 14.8 Å². The molecule has 0 spiro atoms. The van der Waals surface area contributed by atoms with Gasteiger partial charge < -0.3 is 4.90 Å². The lowest BCUT2D eigenvalue weighted by molar-refractivity contribution is 0.100. The normalized spacial score (nSPS) is 12.4. The molecule has 0 atom stereocenters. The molecule has 0 saturated heterocycles. The third-order valence-electron chi connectivity index (χ3n) is 3.72. The van der Waals surface area contributed by atoms with Crippen molar-refractivity contribution < 1.29 is 4.79 Å². The molecule has 0 unspecified atom stereocenters. The van der Waals surface area contributed by atoms with Gasteiger partial charge >= 0.3 is 0 Å². The first kappa shape index (κ1) is 14.0. The molecule has 2 aromatic heterocycles. The average molecular weight is 319 g/mol. The van der Waals surface area contributed by atoms with Crippen LogP contribution in [0.2, 0.25) is 0 Å². The molecule has 5 heteroatoms. The maximum absolute atomic E-state index is 12.6.